The van der Waals surface area contributed by atoms with Crippen LogP contribution in [0.2, 0.25) is 0 Å². The lowest BCUT2D eigenvalue weighted by Gasteiger charge is -2.27. The number of hydrogen-bond acceptors (Lipinski definition) is 4. The SMILES string of the molecule is O=c1[nH]c(-c2ccccc2)nc2c1CCN(Cc1ccc(-c3ccccc3)s1)C2. The highest BCUT2D eigenvalue weighted by Gasteiger charge is 2.22. The standard InChI is InChI=1S/C24H21N3OS/c28-24-20-13-14-27(15-19-11-12-22(29-19)17-7-3-1-4-8-17)16-21(20)25-23(26-24)18-9-5-2-6-10-18/h1-12H,13-16H2,(H,25,26,28). The van der Waals surface area contributed by atoms with Gasteiger partial charge in [0, 0.05) is 40.5 Å². The van der Waals surface area contributed by atoms with E-state index in [1.54, 1.807) is 0 Å². The van der Waals surface area contributed by atoms with E-state index in [9.17, 15) is 4.79 Å². The molecule has 0 amide bonds. The van der Waals surface area contributed by atoms with Crippen molar-refractivity contribution in [2.75, 3.05) is 6.54 Å². The zero-order valence-electron chi connectivity index (χ0n) is 16.0. The summed E-state index contributed by atoms with van der Waals surface area (Å²) >= 11 is 1.83. The van der Waals surface area contributed by atoms with Gasteiger partial charge in [-0.2, -0.15) is 0 Å². The first-order chi connectivity index (χ1) is 14.3. The van der Waals surface area contributed by atoms with Crippen molar-refractivity contribution in [1.29, 1.82) is 0 Å². The quantitative estimate of drug-likeness (QED) is 0.540. The van der Waals surface area contributed by atoms with Gasteiger partial charge in [-0.25, -0.2) is 4.98 Å². The lowest BCUT2D eigenvalue weighted by Crippen LogP contribution is -2.34. The molecule has 29 heavy (non-hydrogen) atoms. The fraction of sp³-hybridized carbons (Fsp3) is 0.167. The number of aromatic amines is 1. The van der Waals surface area contributed by atoms with E-state index in [1.165, 1.54) is 15.3 Å². The van der Waals surface area contributed by atoms with Gasteiger partial charge in [-0.1, -0.05) is 60.7 Å². The van der Waals surface area contributed by atoms with Gasteiger partial charge in [0.15, 0.2) is 0 Å². The van der Waals surface area contributed by atoms with E-state index >= 15 is 0 Å². The first kappa shape index (κ1) is 18.0. The molecular formula is C24H21N3OS. The molecule has 3 heterocycles. The van der Waals surface area contributed by atoms with Crippen LogP contribution in [0.4, 0.5) is 0 Å². The lowest BCUT2D eigenvalue weighted by atomic mass is 10.1. The Morgan fingerprint density at radius 1 is 0.931 bits per heavy atom. The average molecular weight is 400 g/mol. The third-order valence-corrected chi connectivity index (χ3v) is 6.42. The van der Waals surface area contributed by atoms with E-state index in [0.29, 0.717) is 12.4 Å². The van der Waals surface area contributed by atoms with Crippen molar-refractivity contribution in [2.24, 2.45) is 0 Å². The third-order valence-electron chi connectivity index (χ3n) is 5.30. The maximum atomic E-state index is 12.6. The van der Waals surface area contributed by atoms with E-state index in [0.717, 1.165) is 36.3 Å². The number of rotatable bonds is 4. The Kier molecular flexibility index (Phi) is 4.84. The Morgan fingerprint density at radius 3 is 2.41 bits per heavy atom. The molecule has 4 nitrogen and oxygen atoms in total. The summed E-state index contributed by atoms with van der Waals surface area (Å²) in [6.45, 7) is 2.46. The highest BCUT2D eigenvalue weighted by atomic mass is 32.1. The lowest BCUT2D eigenvalue weighted by molar-refractivity contribution is 0.242. The van der Waals surface area contributed by atoms with Crippen LogP contribution < -0.4 is 5.56 Å². The predicted octanol–water partition coefficient (Wildman–Crippen LogP) is 4.72. The molecule has 0 aliphatic carbocycles. The molecule has 4 aromatic rings. The maximum absolute atomic E-state index is 12.6. The molecule has 0 spiro atoms. The van der Waals surface area contributed by atoms with Crippen LogP contribution in [0.3, 0.4) is 0 Å². The molecule has 144 valence electrons. The van der Waals surface area contributed by atoms with E-state index in [1.807, 2.05) is 47.7 Å². The zero-order valence-corrected chi connectivity index (χ0v) is 16.8. The number of thiophene rings is 1. The topological polar surface area (TPSA) is 49.0 Å². The number of hydrogen-bond donors (Lipinski definition) is 1. The smallest absolute Gasteiger partial charge is 0.254 e. The molecule has 0 saturated carbocycles. The molecule has 1 aliphatic rings. The van der Waals surface area contributed by atoms with Gasteiger partial charge < -0.3 is 4.98 Å². The van der Waals surface area contributed by atoms with Crippen LogP contribution in [0.1, 0.15) is 16.1 Å². The predicted molar refractivity (Wildman–Crippen MR) is 118 cm³/mol. The van der Waals surface area contributed by atoms with E-state index in [-0.39, 0.29) is 5.56 Å². The second kappa shape index (κ2) is 7.78. The number of nitrogens with zero attached hydrogens (tertiary/aromatic N) is 2. The minimum atomic E-state index is -0.00371. The molecule has 0 saturated heterocycles. The van der Waals surface area contributed by atoms with Crippen molar-refractivity contribution in [1.82, 2.24) is 14.9 Å². The second-order valence-electron chi connectivity index (χ2n) is 7.30. The number of benzene rings is 2. The second-order valence-corrected chi connectivity index (χ2v) is 8.47. The molecule has 1 N–H and O–H groups in total. The molecule has 5 heteroatoms. The molecular weight excluding hydrogens is 378 g/mol. The zero-order chi connectivity index (χ0) is 19.6. The summed E-state index contributed by atoms with van der Waals surface area (Å²) < 4.78 is 0. The molecule has 0 unspecified atom stereocenters. The van der Waals surface area contributed by atoms with Gasteiger partial charge in [0.2, 0.25) is 0 Å². The monoisotopic (exact) mass is 399 g/mol. The number of H-pyrrole nitrogens is 1. The fourth-order valence-electron chi connectivity index (χ4n) is 3.80. The first-order valence-electron chi connectivity index (χ1n) is 9.80. The van der Waals surface area contributed by atoms with Crippen molar-refractivity contribution in [3.63, 3.8) is 0 Å². The molecule has 0 fully saturated rings. The van der Waals surface area contributed by atoms with Crippen molar-refractivity contribution in [2.45, 2.75) is 19.5 Å². The fourth-order valence-corrected chi connectivity index (χ4v) is 4.86. The number of nitrogens with one attached hydrogen (secondary N) is 1. The Hall–Kier alpha value is -3.02. The largest absolute Gasteiger partial charge is 0.306 e. The molecule has 0 bridgehead atoms. The summed E-state index contributed by atoms with van der Waals surface area (Å²) in [7, 11) is 0. The number of fused-ring (bicyclic) bond motifs is 1. The summed E-state index contributed by atoms with van der Waals surface area (Å²) in [5, 5.41) is 0. The summed E-state index contributed by atoms with van der Waals surface area (Å²) in [5.41, 5.74) is 3.93. The van der Waals surface area contributed by atoms with E-state index in [4.69, 9.17) is 4.98 Å². The minimum Gasteiger partial charge on any atom is -0.306 e. The Morgan fingerprint density at radius 2 is 1.66 bits per heavy atom. The summed E-state index contributed by atoms with van der Waals surface area (Å²) in [5.74, 6) is 0.652. The van der Waals surface area contributed by atoms with Crippen molar-refractivity contribution < 1.29 is 0 Å². The van der Waals surface area contributed by atoms with Crippen LogP contribution in [0.5, 0.6) is 0 Å². The molecule has 5 rings (SSSR count). The average Bonchev–Trinajstić information content (AvgIpc) is 3.23. The van der Waals surface area contributed by atoms with Crippen molar-refractivity contribution in [3.8, 4) is 21.8 Å². The summed E-state index contributed by atoms with van der Waals surface area (Å²) in [6, 6.07) is 24.7. The Balaban J connectivity index is 1.36. The maximum Gasteiger partial charge on any atom is 0.254 e. The van der Waals surface area contributed by atoms with Crippen LogP contribution in [0, 0.1) is 0 Å². The summed E-state index contributed by atoms with van der Waals surface area (Å²) in [4.78, 5) is 25.3. The van der Waals surface area contributed by atoms with E-state index in [2.05, 4.69) is 46.3 Å². The van der Waals surface area contributed by atoms with Crippen LogP contribution in [0.25, 0.3) is 21.8 Å². The molecule has 2 aromatic carbocycles. The van der Waals surface area contributed by atoms with Gasteiger partial charge in [-0.05, 0) is 24.1 Å². The van der Waals surface area contributed by atoms with Gasteiger partial charge in [0.1, 0.15) is 5.82 Å². The Bertz CT molecular complexity index is 1180. The van der Waals surface area contributed by atoms with Crippen LogP contribution in [0.15, 0.2) is 77.6 Å². The molecule has 0 atom stereocenters. The van der Waals surface area contributed by atoms with Crippen molar-refractivity contribution >= 4 is 11.3 Å². The van der Waals surface area contributed by atoms with Gasteiger partial charge in [0.25, 0.3) is 5.56 Å². The molecule has 0 radical (unpaired) electrons. The van der Waals surface area contributed by atoms with Gasteiger partial charge >= 0.3 is 0 Å². The van der Waals surface area contributed by atoms with Gasteiger partial charge in [-0.15, -0.1) is 11.3 Å². The molecule has 2 aromatic heterocycles. The highest BCUT2D eigenvalue weighted by Crippen LogP contribution is 2.29. The first-order valence-corrected chi connectivity index (χ1v) is 10.6. The van der Waals surface area contributed by atoms with Gasteiger partial charge in [-0.3, -0.25) is 9.69 Å². The number of aromatic nitrogens is 2. The van der Waals surface area contributed by atoms with Crippen LogP contribution >= 0.6 is 11.3 Å². The van der Waals surface area contributed by atoms with E-state index < -0.39 is 0 Å². The van der Waals surface area contributed by atoms with Crippen LogP contribution in [-0.4, -0.2) is 21.4 Å². The van der Waals surface area contributed by atoms with Gasteiger partial charge in [0.05, 0.1) is 5.69 Å². The Labute approximate surface area is 173 Å². The van der Waals surface area contributed by atoms with Crippen LogP contribution in [-0.2, 0) is 19.5 Å². The summed E-state index contributed by atoms with van der Waals surface area (Å²) in [6.07, 6.45) is 0.740. The minimum absolute atomic E-state index is 0.00371. The van der Waals surface area contributed by atoms with Crippen molar-refractivity contribution in [3.05, 3.63) is 99.3 Å². The molecule has 1 aliphatic heterocycles. The highest BCUT2D eigenvalue weighted by molar-refractivity contribution is 7.15. The normalized spacial score (nSPS) is 13.9. The third kappa shape index (κ3) is 3.79.